The molecule has 29 heavy (non-hydrogen) atoms. The van der Waals surface area contributed by atoms with Crippen molar-refractivity contribution in [3.8, 4) is 0 Å². The van der Waals surface area contributed by atoms with E-state index in [2.05, 4.69) is 4.98 Å². The molecule has 0 saturated carbocycles. The Morgan fingerprint density at radius 3 is 2.38 bits per heavy atom. The molecule has 0 spiro atoms. The first kappa shape index (κ1) is 19.8. The summed E-state index contributed by atoms with van der Waals surface area (Å²) in [6.07, 6.45) is 1.50. The number of halogens is 2. The lowest BCUT2D eigenvalue weighted by Crippen LogP contribution is -2.37. The van der Waals surface area contributed by atoms with Gasteiger partial charge in [0.25, 0.3) is 11.5 Å². The van der Waals surface area contributed by atoms with E-state index in [9.17, 15) is 9.59 Å². The van der Waals surface area contributed by atoms with E-state index in [0.717, 1.165) is 5.56 Å². The van der Waals surface area contributed by atoms with Gasteiger partial charge in [-0.3, -0.25) is 14.5 Å². The van der Waals surface area contributed by atoms with Crippen molar-refractivity contribution in [1.82, 2.24) is 14.1 Å². The van der Waals surface area contributed by atoms with E-state index in [4.69, 9.17) is 31.0 Å². The number of fused-ring (bicyclic) bond motifs is 1. The second-order valence-corrected chi connectivity index (χ2v) is 8.13. The maximum Gasteiger partial charge on any atom is 0.279 e. The van der Waals surface area contributed by atoms with Gasteiger partial charge in [0.1, 0.15) is 11.7 Å². The third-order valence-corrected chi connectivity index (χ3v) is 5.47. The molecule has 6 nitrogen and oxygen atoms in total. The number of hydrogen-bond donors (Lipinski definition) is 0. The van der Waals surface area contributed by atoms with Crippen LogP contribution in [0.1, 0.15) is 47.7 Å². The normalized spacial score (nSPS) is 16.0. The first-order valence-corrected chi connectivity index (χ1v) is 9.79. The number of anilines is 1. The minimum atomic E-state index is -0.590. The molecule has 2 aromatic heterocycles. The monoisotopic (exact) mass is 426 g/mol. The van der Waals surface area contributed by atoms with Crippen molar-refractivity contribution >= 4 is 48.4 Å². The van der Waals surface area contributed by atoms with Gasteiger partial charge in [0.05, 0.1) is 16.4 Å². The Labute approximate surface area is 179 Å². The van der Waals surface area contributed by atoms with Crippen molar-refractivity contribution in [3.63, 3.8) is 0 Å². The number of hydrogen-bond acceptors (Lipinski definition) is 3. The molecule has 146 valence electrons. The minimum Gasteiger partial charge on any atom is -0.336 e. The van der Waals surface area contributed by atoms with Crippen molar-refractivity contribution in [2.75, 3.05) is 4.90 Å². The molecule has 1 unspecified atom stereocenters. The van der Waals surface area contributed by atoms with Gasteiger partial charge in [-0.15, -0.1) is 0 Å². The zero-order chi connectivity index (χ0) is 21.0. The summed E-state index contributed by atoms with van der Waals surface area (Å²) in [7, 11) is 7.71. The Kier molecular flexibility index (Phi) is 4.83. The number of carbonyl (C=O) groups is 1. The third-order valence-electron chi connectivity index (χ3n) is 5.01. The van der Waals surface area contributed by atoms with Crippen LogP contribution in [0.25, 0.3) is 0 Å². The van der Waals surface area contributed by atoms with Crippen LogP contribution in [0.5, 0.6) is 0 Å². The summed E-state index contributed by atoms with van der Waals surface area (Å²) in [4.78, 5) is 32.0. The Morgan fingerprint density at radius 1 is 1.10 bits per heavy atom. The zero-order valence-corrected chi connectivity index (χ0v) is 17.6. The number of amides is 1. The Bertz CT molecular complexity index is 1180. The highest BCUT2D eigenvalue weighted by Gasteiger charge is 2.44. The van der Waals surface area contributed by atoms with Gasteiger partial charge in [-0.1, -0.05) is 35.3 Å². The van der Waals surface area contributed by atoms with Gasteiger partial charge in [-0.2, -0.15) is 0 Å². The summed E-state index contributed by atoms with van der Waals surface area (Å²) in [5, 5.41) is 0.918. The molecule has 0 bridgehead atoms. The summed E-state index contributed by atoms with van der Waals surface area (Å²) in [5.41, 5.74) is 1.76. The first-order valence-electron chi connectivity index (χ1n) is 9.03. The fraction of sp³-hybridized carbons (Fsp3) is 0.250. The number of aryl methyl sites for hydroxylation is 1. The minimum absolute atomic E-state index is 0.0315. The summed E-state index contributed by atoms with van der Waals surface area (Å²) in [6.45, 7) is 3.92. The summed E-state index contributed by atoms with van der Waals surface area (Å²) in [5.74, 6) is -0.398. The van der Waals surface area contributed by atoms with Crippen molar-refractivity contribution < 1.29 is 4.79 Å². The standard InChI is InChI=1S/C20H17BCl2N4O2/c1-10(2)26-17-15(24-20(26)21)19(29)27(14-8-13(23)9-25(3)18(14)28)16(17)11-4-6-12(22)7-5-11/h4-10,16H,1-3H3. The maximum absolute atomic E-state index is 13.4. The lowest BCUT2D eigenvalue weighted by Gasteiger charge is -2.28. The highest BCUT2D eigenvalue weighted by Crippen LogP contribution is 2.41. The van der Waals surface area contributed by atoms with Gasteiger partial charge in [-0.05, 0) is 37.6 Å². The van der Waals surface area contributed by atoms with Crippen molar-refractivity contribution in [3.05, 3.63) is 73.9 Å². The summed E-state index contributed by atoms with van der Waals surface area (Å²) >= 11 is 12.3. The van der Waals surface area contributed by atoms with E-state index in [1.54, 1.807) is 19.2 Å². The molecule has 3 heterocycles. The Balaban J connectivity index is 2.02. The molecule has 1 aliphatic heterocycles. The molecule has 3 aromatic rings. The molecule has 2 radical (unpaired) electrons. The fourth-order valence-corrected chi connectivity index (χ4v) is 4.18. The van der Waals surface area contributed by atoms with Gasteiger partial charge in [0.15, 0.2) is 13.5 Å². The van der Waals surface area contributed by atoms with Crippen LogP contribution in [0.2, 0.25) is 10.0 Å². The lowest BCUT2D eigenvalue weighted by atomic mass is 10.0. The van der Waals surface area contributed by atoms with E-state index in [1.165, 1.54) is 21.7 Å². The van der Waals surface area contributed by atoms with Gasteiger partial charge >= 0.3 is 0 Å². The van der Waals surface area contributed by atoms with E-state index >= 15 is 0 Å². The number of pyridine rings is 1. The molecule has 1 aliphatic rings. The molecule has 9 heteroatoms. The number of carbonyl (C=O) groups excluding carboxylic acids is 1. The van der Waals surface area contributed by atoms with Crippen LogP contribution in [0.15, 0.2) is 41.3 Å². The molecule has 4 rings (SSSR count). The van der Waals surface area contributed by atoms with Crippen LogP contribution in [-0.4, -0.2) is 27.9 Å². The van der Waals surface area contributed by atoms with E-state index in [1.807, 2.05) is 30.5 Å². The molecule has 0 saturated heterocycles. The Morgan fingerprint density at radius 2 is 1.76 bits per heavy atom. The number of nitrogens with zero attached hydrogens (tertiary/aromatic N) is 4. The SMILES string of the molecule is [B]c1nc2c(n1C(C)C)C(c1ccc(Cl)cc1)N(c1cc(Cl)cn(C)c1=O)C2=O. The molecular formula is C20H17BCl2N4O2. The van der Waals surface area contributed by atoms with Crippen LogP contribution >= 0.6 is 23.2 Å². The predicted molar refractivity (Wildman–Crippen MR) is 115 cm³/mol. The summed E-state index contributed by atoms with van der Waals surface area (Å²) in [6, 6.07) is 8.01. The quantitative estimate of drug-likeness (QED) is 0.605. The van der Waals surface area contributed by atoms with E-state index < -0.39 is 11.9 Å². The molecule has 1 aromatic carbocycles. The topological polar surface area (TPSA) is 60.1 Å². The zero-order valence-electron chi connectivity index (χ0n) is 16.1. The highest BCUT2D eigenvalue weighted by molar-refractivity contribution is 6.31. The molecule has 0 N–H and O–H groups in total. The fourth-order valence-electron chi connectivity index (χ4n) is 3.81. The maximum atomic E-state index is 13.4. The van der Waals surface area contributed by atoms with Gasteiger partial charge < -0.3 is 9.13 Å². The van der Waals surface area contributed by atoms with Crippen LogP contribution < -0.4 is 16.2 Å². The van der Waals surface area contributed by atoms with Crippen LogP contribution in [-0.2, 0) is 7.05 Å². The number of aromatic nitrogens is 3. The molecule has 0 aliphatic carbocycles. The number of imidazole rings is 1. The number of benzene rings is 1. The molecule has 1 amide bonds. The Hall–Kier alpha value is -2.51. The van der Waals surface area contributed by atoms with Crippen LogP contribution in [0, 0.1) is 0 Å². The molecule has 1 atom stereocenters. The number of rotatable bonds is 3. The van der Waals surface area contributed by atoms with Crippen LogP contribution in [0.4, 0.5) is 5.69 Å². The van der Waals surface area contributed by atoms with Gasteiger partial charge in [0.2, 0.25) is 0 Å². The summed E-state index contributed by atoms with van der Waals surface area (Å²) < 4.78 is 3.17. The molecular weight excluding hydrogens is 410 g/mol. The van der Waals surface area contributed by atoms with Crippen LogP contribution in [0.3, 0.4) is 0 Å². The van der Waals surface area contributed by atoms with Crippen molar-refractivity contribution in [2.24, 2.45) is 7.05 Å². The highest BCUT2D eigenvalue weighted by atomic mass is 35.5. The van der Waals surface area contributed by atoms with E-state index in [0.29, 0.717) is 15.7 Å². The van der Waals surface area contributed by atoms with Crippen molar-refractivity contribution in [1.29, 1.82) is 0 Å². The average molecular weight is 427 g/mol. The predicted octanol–water partition coefficient (Wildman–Crippen LogP) is 3.01. The largest absolute Gasteiger partial charge is 0.336 e. The third kappa shape index (κ3) is 3.09. The lowest BCUT2D eigenvalue weighted by molar-refractivity contribution is 0.0989. The average Bonchev–Trinajstić information content (AvgIpc) is 3.12. The van der Waals surface area contributed by atoms with E-state index in [-0.39, 0.29) is 28.7 Å². The van der Waals surface area contributed by atoms with Crippen molar-refractivity contribution in [2.45, 2.75) is 25.9 Å². The van der Waals surface area contributed by atoms with Gasteiger partial charge in [0, 0.05) is 24.3 Å². The van der Waals surface area contributed by atoms with Gasteiger partial charge in [-0.25, -0.2) is 4.98 Å². The smallest absolute Gasteiger partial charge is 0.279 e. The first-order chi connectivity index (χ1) is 13.7. The molecule has 0 fully saturated rings. The second kappa shape index (κ2) is 7.08. The second-order valence-electron chi connectivity index (χ2n) is 7.26.